The van der Waals surface area contributed by atoms with Crippen molar-refractivity contribution in [1.29, 1.82) is 0 Å². The maximum atomic E-state index is 2.39. The SMILES string of the molecule is c1ccc(-c2c3ccccc3c(-c3ccc(C4CCCCC4)cc3)c3ccccc23)cc1. The Balaban J connectivity index is 1.59. The van der Waals surface area contributed by atoms with Crippen LogP contribution in [0.25, 0.3) is 43.8 Å². The van der Waals surface area contributed by atoms with E-state index >= 15 is 0 Å². The van der Waals surface area contributed by atoms with Crippen molar-refractivity contribution in [3.8, 4) is 22.3 Å². The van der Waals surface area contributed by atoms with Gasteiger partial charge in [-0.25, -0.2) is 0 Å². The Morgan fingerprint density at radius 2 is 0.844 bits per heavy atom. The Bertz CT molecular complexity index is 1310. The van der Waals surface area contributed by atoms with Crippen LogP contribution in [-0.2, 0) is 0 Å². The second-order valence-electron chi connectivity index (χ2n) is 9.16. The van der Waals surface area contributed by atoms with E-state index in [0.717, 1.165) is 5.92 Å². The minimum absolute atomic E-state index is 0.742. The zero-order chi connectivity index (χ0) is 21.3. The van der Waals surface area contributed by atoms with E-state index in [1.54, 1.807) is 0 Å². The van der Waals surface area contributed by atoms with Gasteiger partial charge in [-0.1, -0.05) is 122 Å². The Labute approximate surface area is 190 Å². The summed E-state index contributed by atoms with van der Waals surface area (Å²) in [6.07, 6.45) is 6.85. The number of benzene rings is 5. The fraction of sp³-hybridized carbons (Fsp3) is 0.188. The smallest absolute Gasteiger partial charge is 0.00264 e. The zero-order valence-corrected chi connectivity index (χ0v) is 18.4. The molecule has 0 N–H and O–H groups in total. The van der Waals surface area contributed by atoms with Crippen LogP contribution in [0.4, 0.5) is 0 Å². The third-order valence-corrected chi connectivity index (χ3v) is 7.27. The second kappa shape index (κ2) is 8.28. The molecular formula is C32H28. The molecule has 6 rings (SSSR count). The van der Waals surface area contributed by atoms with Crippen LogP contribution >= 0.6 is 0 Å². The van der Waals surface area contributed by atoms with Crippen molar-refractivity contribution < 1.29 is 0 Å². The van der Waals surface area contributed by atoms with Gasteiger partial charge in [0.1, 0.15) is 0 Å². The quantitative estimate of drug-likeness (QED) is 0.259. The van der Waals surface area contributed by atoms with E-state index in [9.17, 15) is 0 Å². The predicted octanol–water partition coefficient (Wildman–Crippen LogP) is 9.37. The molecule has 0 nitrogen and oxygen atoms in total. The third kappa shape index (κ3) is 3.31. The first-order chi connectivity index (χ1) is 15.9. The van der Waals surface area contributed by atoms with Gasteiger partial charge in [-0.05, 0) is 68.1 Å². The van der Waals surface area contributed by atoms with Crippen molar-refractivity contribution in [1.82, 2.24) is 0 Å². The van der Waals surface area contributed by atoms with Crippen molar-refractivity contribution in [2.75, 3.05) is 0 Å². The summed E-state index contributed by atoms with van der Waals surface area (Å²) in [6.45, 7) is 0. The summed E-state index contributed by atoms with van der Waals surface area (Å²) >= 11 is 0. The lowest BCUT2D eigenvalue weighted by molar-refractivity contribution is 0.443. The highest BCUT2D eigenvalue weighted by atomic mass is 14.2. The van der Waals surface area contributed by atoms with Gasteiger partial charge >= 0.3 is 0 Å². The van der Waals surface area contributed by atoms with Gasteiger partial charge < -0.3 is 0 Å². The Morgan fingerprint density at radius 3 is 1.34 bits per heavy atom. The average molecular weight is 413 g/mol. The molecule has 5 aromatic carbocycles. The average Bonchev–Trinajstić information content (AvgIpc) is 2.88. The van der Waals surface area contributed by atoms with Gasteiger partial charge in [-0.15, -0.1) is 0 Å². The molecule has 0 aromatic heterocycles. The van der Waals surface area contributed by atoms with Gasteiger partial charge in [0.2, 0.25) is 0 Å². The molecule has 0 bridgehead atoms. The van der Waals surface area contributed by atoms with Crippen LogP contribution < -0.4 is 0 Å². The summed E-state index contributed by atoms with van der Waals surface area (Å²) in [6, 6.07) is 38.1. The molecule has 0 amide bonds. The van der Waals surface area contributed by atoms with Crippen LogP contribution in [-0.4, -0.2) is 0 Å². The molecule has 156 valence electrons. The molecule has 0 heterocycles. The lowest BCUT2D eigenvalue weighted by atomic mass is 9.82. The van der Waals surface area contributed by atoms with Crippen LogP contribution in [0.5, 0.6) is 0 Å². The van der Waals surface area contributed by atoms with E-state index in [4.69, 9.17) is 0 Å². The number of fused-ring (bicyclic) bond motifs is 2. The van der Waals surface area contributed by atoms with E-state index in [-0.39, 0.29) is 0 Å². The molecular weight excluding hydrogens is 384 g/mol. The fourth-order valence-corrected chi connectivity index (χ4v) is 5.71. The molecule has 0 heteroatoms. The summed E-state index contributed by atoms with van der Waals surface area (Å²) in [7, 11) is 0. The maximum absolute atomic E-state index is 2.39. The minimum Gasteiger partial charge on any atom is -0.0622 e. The topological polar surface area (TPSA) is 0 Å². The maximum Gasteiger partial charge on any atom is -0.00264 e. The summed E-state index contributed by atoms with van der Waals surface area (Å²) in [5.74, 6) is 0.742. The van der Waals surface area contributed by atoms with Crippen molar-refractivity contribution in [3.05, 3.63) is 109 Å². The number of rotatable bonds is 3. The van der Waals surface area contributed by atoms with Crippen LogP contribution in [0.1, 0.15) is 43.6 Å². The molecule has 0 aliphatic heterocycles. The van der Waals surface area contributed by atoms with E-state index in [1.165, 1.54) is 81.5 Å². The first kappa shape index (κ1) is 19.3. The largest absolute Gasteiger partial charge is 0.0622 e. The zero-order valence-electron chi connectivity index (χ0n) is 18.4. The minimum atomic E-state index is 0.742. The van der Waals surface area contributed by atoms with Crippen LogP contribution in [0.15, 0.2) is 103 Å². The molecule has 0 unspecified atom stereocenters. The molecule has 1 aliphatic rings. The summed E-state index contributed by atoms with van der Waals surface area (Å²) in [5, 5.41) is 5.30. The van der Waals surface area contributed by atoms with Gasteiger partial charge in [0.25, 0.3) is 0 Å². The van der Waals surface area contributed by atoms with E-state index in [0.29, 0.717) is 0 Å². The first-order valence-electron chi connectivity index (χ1n) is 12.0. The molecule has 1 fully saturated rings. The number of hydrogen-bond acceptors (Lipinski definition) is 0. The molecule has 0 atom stereocenters. The number of hydrogen-bond donors (Lipinski definition) is 0. The second-order valence-corrected chi connectivity index (χ2v) is 9.16. The summed E-state index contributed by atoms with van der Waals surface area (Å²) in [4.78, 5) is 0. The Morgan fingerprint density at radius 1 is 0.406 bits per heavy atom. The summed E-state index contributed by atoms with van der Waals surface area (Å²) < 4.78 is 0. The molecule has 5 aromatic rings. The monoisotopic (exact) mass is 412 g/mol. The van der Waals surface area contributed by atoms with Gasteiger partial charge in [-0.2, -0.15) is 0 Å². The van der Waals surface area contributed by atoms with Crippen molar-refractivity contribution in [2.24, 2.45) is 0 Å². The molecule has 1 aliphatic carbocycles. The van der Waals surface area contributed by atoms with Crippen molar-refractivity contribution in [2.45, 2.75) is 38.0 Å². The third-order valence-electron chi connectivity index (χ3n) is 7.27. The van der Waals surface area contributed by atoms with Gasteiger partial charge in [0, 0.05) is 0 Å². The molecule has 0 saturated heterocycles. The lowest BCUT2D eigenvalue weighted by Crippen LogP contribution is -2.04. The Kier molecular flexibility index (Phi) is 5.00. The van der Waals surface area contributed by atoms with Gasteiger partial charge in [0.05, 0.1) is 0 Å². The van der Waals surface area contributed by atoms with Crippen LogP contribution in [0.3, 0.4) is 0 Å². The standard InChI is InChI=1S/C32H28/c1-3-11-23(12-4-1)24-19-21-26(22-20-24)32-29-17-9-7-15-27(29)31(25-13-5-2-6-14-25)28-16-8-10-18-30(28)32/h2,5-10,13-23H,1,3-4,11-12H2. The highest BCUT2D eigenvalue weighted by Gasteiger charge is 2.18. The normalized spacial score (nSPS) is 14.8. The molecule has 1 saturated carbocycles. The molecule has 32 heavy (non-hydrogen) atoms. The predicted molar refractivity (Wildman–Crippen MR) is 138 cm³/mol. The van der Waals surface area contributed by atoms with Crippen molar-refractivity contribution >= 4 is 21.5 Å². The summed E-state index contributed by atoms with van der Waals surface area (Å²) in [5.41, 5.74) is 6.80. The molecule has 0 radical (unpaired) electrons. The highest BCUT2D eigenvalue weighted by Crippen LogP contribution is 2.44. The molecule has 0 spiro atoms. The fourth-order valence-electron chi connectivity index (χ4n) is 5.71. The first-order valence-corrected chi connectivity index (χ1v) is 12.0. The van der Waals surface area contributed by atoms with Crippen molar-refractivity contribution in [3.63, 3.8) is 0 Å². The van der Waals surface area contributed by atoms with Crippen LogP contribution in [0.2, 0.25) is 0 Å². The van der Waals surface area contributed by atoms with E-state index in [1.807, 2.05) is 0 Å². The van der Waals surface area contributed by atoms with E-state index in [2.05, 4.69) is 103 Å². The van der Waals surface area contributed by atoms with Gasteiger partial charge in [-0.3, -0.25) is 0 Å². The van der Waals surface area contributed by atoms with Gasteiger partial charge in [0.15, 0.2) is 0 Å². The van der Waals surface area contributed by atoms with E-state index < -0.39 is 0 Å². The lowest BCUT2D eigenvalue weighted by Gasteiger charge is -2.22. The highest BCUT2D eigenvalue weighted by molar-refractivity contribution is 6.21. The van der Waals surface area contributed by atoms with Crippen LogP contribution in [0, 0.1) is 0 Å². The Hall–Kier alpha value is -3.38.